The van der Waals surface area contributed by atoms with Crippen molar-refractivity contribution in [1.82, 2.24) is 0 Å². The summed E-state index contributed by atoms with van der Waals surface area (Å²) in [4.78, 5) is 13.4. The van der Waals surface area contributed by atoms with Crippen molar-refractivity contribution in [3.63, 3.8) is 0 Å². The van der Waals surface area contributed by atoms with Crippen molar-refractivity contribution in [2.75, 3.05) is 11.9 Å². The van der Waals surface area contributed by atoms with E-state index in [-0.39, 0.29) is 5.56 Å². The highest BCUT2D eigenvalue weighted by atomic mass is 19.4. The van der Waals surface area contributed by atoms with Crippen molar-refractivity contribution in [1.29, 1.82) is 0 Å². The standard InChI is InChI=1S/C15H12F3NO/c1-19(11-7-3-2-4-8-11)14(20)12-9-5-6-10-13(12)15(16,17)18/h2-10H,1H3. The molecule has 0 bridgehead atoms. The first-order valence-corrected chi connectivity index (χ1v) is 5.90. The van der Waals surface area contributed by atoms with Crippen molar-refractivity contribution in [3.05, 3.63) is 65.7 Å². The highest BCUT2D eigenvalue weighted by molar-refractivity contribution is 6.06. The Morgan fingerprint density at radius 3 is 2.10 bits per heavy atom. The molecular formula is C15H12F3NO. The van der Waals surface area contributed by atoms with E-state index < -0.39 is 17.6 Å². The summed E-state index contributed by atoms with van der Waals surface area (Å²) in [5, 5.41) is 0. The second-order valence-corrected chi connectivity index (χ2v) is 4.24. The van der Waals surface area contributed by atoms with E-state index in [2.05, 4.69) is 0 Å². The van der Waals surface area contributed by atoms with Gasteiger partial charge in [0.15, 0.2) is 0 Å². The Morgan fingerprint density at radius 2 is 1.50 bits per heavy atom. The van der Waals surface area contributed by atoms with E-state index in [9.17, 15) is 18.0 Å². The quantitative estimate of drug-likeness (QED) is 0.814. The first-order valence-electron chi connectivity index (χ1n) is 5.90. The number of alkyl halides is 3. The van der Waals surface area contributed by atoms with Crippen LogP contribution in [0.15, 0.2) is 54.6 Å². The van der Waals surface area contributed by atoms with E-state index in [1.165, 1.54) is 30.1 Å². The lowest BCUT2D eigenvalue weighted by Gasteiger charge is -2.20. The summed E-state index contributed by atoms with van der Waals surface area (Å²) in [6.07, 6.45) is -4.55. The number of anilines is 1. The summed E-state index contributed by atoms with van der Waals surface area (Å²) >= 11 is 0. The third-order valence-electron chi connectivity index (χ3n) is 2.91. The van der Waals surface area contributed by atoms with E-state index in [4.69, 9.17) is 0 Å². The number of halogens is 3. The minimum Gasteiger partial charge on any atom is -0.311 e. The van der Waals surface area contributed by atoms with E-state index in [0.29, 0.717) is 5.69 Å². The molecule has 0 spiro atoms. The van der Waals surface area contributed by atoms with Crippen LogP contribution in [0, 0.1) is 0 Å². The maximum atomic E-state index is 12.9. The Kier molecular flexibility index (Phi) is 3.79. The number of amides is 1. The second kappa shape index (κ2) is 5.36. The Bertz CT molecular complexity index is 608. The molecule has 2 rings (SSSR count). The lowest BCUT2D eigenvalue weighted by molar-refractivity contribution is -0.137. The Morgan fingerprint density at radius 1 is 0.950 bits per heavy atom. The number of para-hydroxylation sites is 1. The number of rotatable bonds is 2. The molecule has 0 aliphatic carbocycles. The lowest BCUT2D eigenvalue weighted by Crippen LogP contribution is -2.28. The van der Waals surface area contributed by atoms with Gasteiger partial charge < -0.3 is 4.90 Å². The molecule has 0 unspecified atom stereocenters. The third kappa shape index (κ3) is 2.82. The zero-order chi connectivity index (χ0) is 14.8. The largest absolute Gasteiger partial charge is 0.417 e. The van der Waals surface area contributed by atoms with Gasteiger partial charge in [-0.25, -0.2) is 0 Å². The van der Waals surface area contributed by atoms with E-state index in [1.54, 1.807) is 30.3 Å². The van der Waals surface area contributed by atoms with Gasteiger partial charge in [-0.15, -0.1) is 0 Å². The van der Waals surface area contributed by atoms with E-state index in [1.807, 2.05) is 0 Å². The number of hydrogen-bond donors (Lipinski definition) is 0. The highest BCUT2D eigenvalue weighted by Gasteiger charge is 2.35. The molecule has 0 heterocycles. The van der Waals surface area contributed by atoms with Crippen molar-refractivity contribution < 1.29 is 18.0 Å². The van der Waals surface area contributed by atoms with Crippen molar-refractivity contribution in [2.45, 2.75) is 6.18 Å². The average Bonchev–Trinajstić information content (AvgIpc) is 2.46. The molecule has 2 aromatic carbocycles. The van der Waals surface area contributed by atoms with Gasteiger partial charge in [-0.2, -0.15) is 13.2 Å². The molecule has 2 nitrogen and oxygen atoms in total. The molecule has 0 saturated heterocycles. The normalized spacial score (nSPS) is 11.2. The monoisotopic (exact) mass is 279 g/mol. The van der Waals surface area contributed by atoms with Crippen LogP contribution in [0.3, 0.4) is 0 Å². The summed E-state index contributed by atoms with van der Waals surface area (Å²) in [7, 11) is 1.45. The molecule has 0 radical (unpaired) electrons. The molecule has 20 heavy (non-hydrogen) atoms. The highest BCUT2D eigenvalue weighted by Crippen LogP contribution is 2.32. The van der Waals surface area contributed by atoms with Crippen LogP contribution in [0.5, 0.6) is 0 Å². The summed E-state index contributed by atoms with van der Waals surface area (Å²) < 4.78 is 38.7. The number of hydrogen-bond acceptors (Lipinski definition) is 1. The van der Waals surface area contributed by atoms with Crippen LogP contribution in [-0.4, -0.2) is 13.0 Å². The van der Waals surface area contributed by atoms with Crippen LogP contribution >= 0.6 is 0 Å². The predicted molar refractivity (Wildman–Crippen MR) is 70.6 cm³/mol. The number of carbonyl (C=O) groups excluding carboxylic acids is 1. The maximum absolute atomic E-state index is 12.9. The van der Waals surface area contributed by atoms with Gasteiger partial charge in [0.2, 0.25) is 0 Å². The maximum Gasteiger partial charge on any atom is 0.417 e. The fourth-order valence-corrected chi connectivity index (χ4v) is 1.87. The Balaban J connectivity index is 2.40. The average molecular weight is 279 g/mol. The van der Waals surface area contributed by atoms with Gasteiger partial charge >= 0.3 is 6.18 Å². The molecule has 104 valence electrons. The Hall–Kier alpha value is -2.30. The van der Waals surface area contributed by atoms with Crippen molar-refractivity contribution in [2.24, 2.45) is 0 Å². The van der Waals surface area contributed by atoms with E-state index >= 15 is 0 Å². The number of benzene rings is 2. The van der Waals surface area contributed by atoms with Crippen LogP contribution in [0.25, 0.3) is 0 Å². The number of carbonyl (C=O) groups is 1. The molecule has 0 aromatic heterocycles. The van der Waals surface area contributed by atoms with Crippen molar-refractivity contribution >= 4 is 11.6 Å². The van der Waals surface area contributed by atoms with Crippen molar-refractivity contribution in [3.8, 4) is 0 Å². The predicted octanol–water partition coefficient (Wildman–Crippen LogP) is 3.98. The van der Waals surface area contributed by atoms with Crippen LogP contribution in [0.4, 0.5) is 18.9 Å². The van der Waals surface area contributed by atoms with Gasteiger partial charge in [0.1, 0.15) is 0 Å². The lowest BCUT2D eigenvalue weighted by atomic mass is 10.1. The van der Waals surface area contributed by atoms with Gasteiger partial charge in [0.25, 0.3) is 5.91 Å². The van der Waals surface area contributed by atoms with Gasteiger partial charge in [0, 0.05) is 12.7 Å². The molecule has 0 fully saturated rings. The topological polar surface area (TPSA) is 20.3 Å². The fraction of sp³-hybridized carbons (Fsp3) is 0.133. The second-order valence-electron chi connectivity index (χ2n) is 4.24. The van der Waals surface area contributed by atoms with Crippen LogP contribution in [0.2, 0.25) is 0 Å². The SMILES string of the molecule is CN(C(=O)c1ccccc1C(F)(F)F)c1ccccc1. The molecule has 1 amide bonds. The molecular weight excluding hydrogens is 267 g/mol. The smallest absolute Gasteiger partial charge is 0.311 e. The van der Waals surface area contributed by atoms with Gasteiger partial charge in [-0.3, -0.25) is 4.79 Å². The first-order chi connectivity index (χ1) is 9.41. The molecule has 0 N–H and O–H groups in total. The molecule has 0 aliphatic heterocycles. The third-order valence-corrected chi connectivity index (χ3v) is 2.91. The number of nitrogens with zero attached hydrogens (tertiary/aromatic N) is 1. The van der Waals surface area contributed by atoms with Gasteiger partial charge in [0.05, 0.1) is 11.1 Å². The summed E-state index contributed by atoms with van der Waals surface area (Å²) in [6.45, 7) is 0. The summed E-state index contributed by atoms with van der Waals surface area (Å²) in [6, 6.07) is 13.3. The van der Waals surface area contributed by atoms with Gasteiger partial charge in [-0.1, -0.05) is 30.3 Å². The van der Waals surface area contributed by atoms with Gasteiger partial charge in [-0.05, 0) is 24.3 Å². The fourth-order valence-electron chi connectivity index (χ4n) is 1.87. The summed E-state index contributed by atoms with van der Waals surface area (Å²) in [5.41, 5.74) is -0.742. The molecule has 5 heteroatoms. The first kappa shape index (κ1) is 14.1. The minimum atomic E-state index is -4.55. The minimum absolute atomic E-state index is 0.355. The summed E-state index contributed by atoms with van der Waals surface area (Å²) in [5.74, 6) is -0.691. The van der Waals surface area contributed by atoms with Crippen LogP contribution in [0.1, 0.15) is 15.9 Å². The molecule has 0 aliphatic rings. The zero-order valence-electron chi connectivity index (χ0n) is 10.7. The molecule has 0 saturated carbocycles. The van der Waals surface area contributed by atoms with Crippen LogP contribution < -0.4 is 4.90 Å². The molecule has 2 aromatic rings. The Labute approximate surface area is 114 Å². The molecule has 0 atom stereocenters. The zero-order valence-corrected chi connectivity index (χ0v) is 10.7. The van der Waals surface area contributed by atoms with Crippen LogP contribution in [-0.2, 0) is 6.18 Å². The van der Waals surface area contributed by atoms with E-state index in [0.717, 1.165) is 6.07 Å².